The van der Waals surface area contributed by atoms with E-state index in [2.05, 4.69) is 10.6 Å². The summed E-state index contributed by atoms with van der Waals surface area (Å²) in [6.07, 6.45) is 1.16. The molecule has 0 aliphatic heterocycles. The molecule has 0 aliphatic carbocycles. The lowest BCUT2D eigenvalue weighted by Gasteiger charge is -2.19. The Labute approximate surface area is 149 Å². The number of carbonyl (C=O) groups excluding carboxylic acids is 3. The van der Waals surface area contributed by atoms with Gasteiger partial charge >= 0.3 is 12.0 Å². The summed E-state index contributed by atoms with van der Waals surface area (Å²) in [7, 11) is 0. The molecule has 9 heteroatoms. The quantitative estimate of drug-likeness (QED) is 0.603. The topological polar surface area (TPSA) is 111 Å². The van der Waals surface area contributed by atoms with Crippen molar-refractivity contribution < 1.29 is 19.1 Å². The van der Waals surface area contributed by atoms with E-state index in [4.69, 9.17) is 22.1 Å². The third-order valence-electron chi connectivity index (χ3n) is 3.01. The standard InChI is InChI=1S/C15H20ClN3O4S/c1-9(13(20)18-11-6-4-3-5-10(11)16)23-14(21)12(7-8-24-2)19-15(17)22/h3-6,9,12H,7-8H2,1-2H3,(H,18,20)(H3,17,19,22)/t9-,12-/m1/s1. The largest absolute Gasteiger partial charge is 0.451 e. The second-order valence-corrected chi connectivity index (χ2v) is 6.28. The number of urea groups is 1. The smallest absolute Gasteiger partial charge is 0.329 e. The fourth-order valence-corrected chi connectivity index (χ4v) is 2.42. The highest BCUT2D eigenvalue weighted by Crippen LogP contribution is 2.20. The predicted molar refractivity (Wildman–Crippen MR) is 95.1 cm³/mol. The highest BCUT2D eigenvalue weighted by Gasteiger charge is 2.25. The fourth-order valence-electron chi connectivity index (χ4n) is 1.76. The van der Waals surface area contributed by atoms with Gasteiger partial charge in [0, 0.05) is 0 Å². The molecule has 24 heavy (non-hydrogen) atoms. The summed E-state index contributed by atoms with van der Waals surface area (Å²) in [4.78, 5) is 35.2. The maximum atomic E-state index is 12.1. The van der Waals surface area contributed by atoms with Crippen molar-refractivity contribution in [3.8, 4) is 0 Å². The Balaban J connectivity index is 2.64. The Hall–Kier alpha value is -1.93. The molecule has 0 saturated carbocycles. The molecule has 1 rings (SSSR count). The molecule has 2 atom stereocenters. The lowest BCUT2D eigenvalue weighted by Crippen LogP contribution is -2.46. The number of anilines is 1. The zero-order valence-corrected chi connectivity index (χ0v) is 14.9. The lowest BCUT2D eigenvalue weighted by molar-refractivity contribution is -0.155. The number of halogens is 1. The number of rotatable bonds is 8. The van der Waals surface area contributed by atoms with Crippen molar-refractivity contribution in [1.29, 1.82) is 0 Å². The van der Waals surface area contributed by atoms with Crippen LogP contribution in [0, 0.1) is 0 Å². The molecule has 0 bridgehead atoms. The number of carbonyl (C=O) groups is 3. The third kappa shape index (κ3) is 6.67. The molecule has 0 unspecified atom stereocenters. The summed E-state index contributed by atoms with van der Waals surface area (Å²) < 4.78 is 5.11. The van der Waals surface area contributed by atoms with Gasteiger partial charge in [-0.15, -0.1) is 0 Å². The second-order valence-electron chi connectivity index (χ2n) is 4.89. The summed E-state index contributed by atoms with van der Waals surface area (Å²) in [5.41, 5.74) is 5.47. The number of benzene rings is 1. The van der Waals surface area contributed by atoms with Crippen LogP contribution in [-0.4, -0.2) is 42.1 Å². The summed E-state index contributed by atoms with van der Waals surface area (Å²) in [6, 6.07) is 4.98. The Morgan fingerprint density at radius 2 is 2.00 bits per heavy atom. The van der Waals surface area contributed by atoms with E-state index in [1.54, 1.807) is 24.3 Å². The van der Waals surface area contributed by atoms with Gasteiger partial charge in [-0.2, -0.15) is 11.8 Å². The summed E-state index contributed by atoms with van der Waals surface area (Å²) in [6.45, 7) is 1.43. The molecule has 1 aromatic carbocycles. The molecule has 4 N–H and O–H groups in total. The number of primary amides is 1. The Bertz CT molecular complexity index is 600. The van der Waals surface area contributed by atoms with Crippen LogP contribution in [0.15, 0.2) is 24.3 Å². The summed E-state index contributed by atoms with van der Waals surface area (Å²) in [5, 5.41) is 5.26. The number of thioether (sulfide) groups is 1. The molecule has 0 fully saturated rings. The number of amides is 3. The lowest BCUT2D eigenvalue weighted by atomic mass is 10.2. The van der Waals surface area contributed by atoms with Crippen LogP contribution in [0.4, 0.5) is 10.5 Å². The maximum Gasteiger partial charge on any atom is 0.329 e. The van der Waals surface area contributed by atoms with E-state index in [1.165, 1.54) is 18.7 Å². The molecule has 1 aromatic rings. The average molecular weight is 374 g/mol. The molecule has 0 heterocycles. The minimum atomic E-state index is -1.06. The number of nitrogens with two attached hydrogens (primary N) is 1. The van der Waals surface area contributed by atoms with Crippen LogP contribution in [0.25, 0.3) is 0 Å². The predicted octanol–water partition coefficient (Wildman–Crippen LogP) is 2.00. The molecule has 0 spiro atoms. The van der Waals surface area contributed by atoms with Crippen molar-refractivity contribution in [1.82, 2.24) is 5.32 Å². The highest BCUT2D eigenvalue weighted by molar-refractivity contribution is 7.98. The highest BCUT2D eigenvalue weighted by atomic mass is 35.5. The van der Waals surface area contributed by atoms with Gasteiger partial charge in [-0.05, 0) is 37.5 Å². The molecule has 0 saturated heterocycles. The van der Waals surface area contributed by atoms with E-state index >= 15 is 0 Å². The third-order valence-corrected chi connectivity index (χ3v) is 3.98. The van der Waals surface area contributed by atoms with Crippen molar-refractivity contribution in [2.24, 2.45) is 5.73 Å². The van der Waals surface area contributed by atoms with Crippen molar-refractivity contribution in [2.45, 2.75) is 25.5 Å². The van der Waals surface area contributed by atoms with Gasteiger partial charge in [0.15, 0.2) is 6.10 Å². The molecular formula is C15H20ClN3O4S. The van der Waals surface area contributed by atoms with Crippen LogP contribution in [0.1, 0.15) is 13.3 Å². The van der Waals surface area contributed by atoms with Crippen molar-refractivity contribution in [2.75, 3.05) is 17.3 Å². The van der Waals surface area contributed by atoms with Crippen LogP contribution in [-0.2, 0) is 14.3 Å². The molecular weight excluding hydrogens is 354 g/mol. The van der Waals surface area contributed by atoms with Gasteiger partial charge < -0.3 is 21.1 Å². The molecule has 7 nitrogen and oxygen atoms in total. The minimum absolute atomic E-state index is 0.349. The minimum Gasteiger partial charge on any atom is -0.451 e. The number of hydrogen-bond acceptors (Lipinski definition) is 5. The average Bonchev–Trinajstić information content (AvgIpc) is 2.53. The molecule has 3 amide bonds. The molecule has 0 aliphatic rings. The number of esters is 1. The van der Waals surface area contributed by atoms with Crippen LogP contribution in [0.5, 0.6) is 0 Å². The molecule has 0 aromatic heterocycles. The van der Waals surface area contributed by atoms with Crippen LogP contribution < -0.4 is 16.4 Å². The number of hydrogen-bond donors (Lipinski definition) is 3. The Kier molecular flexibility index (Phi) is 8.42. The molecule has 132 valence electrons. The summed E-state index contributed by atoms with van der Waals surface area (Å²) >= 11 is 7.47. The van der Waals surface area contributed by atoms with Gasteiger partial charge in [0.05, 0.1) is 10.7 Å². The van der Waals surface area contributed by atoms with E-state index in [1.807, 2.05) is 6.26 Å². The van der Waals surface area contributed by atoms with Crippen molar-refractivity contribution >= 4 is 47.0 Å². The van der Waals surface area contributed by atoms with Gasteiger partial charge in [-0.25, -0.2) is 9.59 Å². The van der Waals surface area contributed by atoms with Crippen molar-refractivity contribution in [3.05, 3.63) is 29.3 Å². The number of para-hydroxylation sites is 1. The van der Waals surface area contributed by atoms with Gasteiger partial charge in [0.25, 0.3) is 5.91 Å². The van der Waals surface area contributed by atoms with E-state index < -0.39 is 30.1 Å². The SMILES string of the molecule is CSCC[C@@H](NC(N)=O)C(=O)O[C@H](C)C(=O)Nc1ccccc1Cl. The van der Waals surface area contributed by atoms with E-state index in [0.717, 1.165) is 0 Å². The van der Waals surface area contributed by atoms with E-state index in [0.29, 0.717) is 22.9 Å². The molecule has 0 radical (unpaired) electrons. The van der Waals surface area contributed by atoms with Crippen LogP contribution >= 0.6 is 23.4 Å². The first kappa shape index (κ1) is 20.1. The zero-order chi connectivity index (χ0) is 18.1. The van der Waals surface area contributed by atoms with Crippen LogP contribution in [0.3, 0.4) is 0 Å². The van der Waals surface area contributed by atoms with Crippen molar-refractivity contribution in [3.63, 3.8) is 0 Å². The van der Waals surface area contributed by atoms with Gasteiger partial charge in [-0.1, -0.05) is 23.7 Å². The van der Waals surface area contributed by atoms with Gasteiger partial charge in [-0.3, -0.25) is 4.79 Å². The maximum absolute atomic E-state index is 12.1. The van der Waals surface area contributed by atoms with Crippen LogP contribution in [0.2, 0.25) is 5.02 Å². The second kappa shape index (κ2) is 10.0. The first-order valence-corrected chi connectivity index (χ1v) is 8.93. The Morgan fingerprint density at radius 1 is 1.33 bits per heavy atom. The monoisotopic (exact) mass is 373 g/mol. The van der Waals surface area contributed by atoms with E-state index in [9.17, 15) is 14.4 Å². The fraction of sp³-hybridized carbons (Fsp3) is 0.400. The number of ether oxygens (including phenoxy) is 1. The van der Waals surface area contributed by atoms with Gasteiger partial charge in [0.1, 0.15) is 6.04 Å². The Morgan fingerprint density at radius 3 is 2.58 bits per heavy atom. The number of nitrogens with one attached hydrogen (secondary N) is 2. The first-order valence-electron chi connectivity index (χ1n) is 7.16. The normalized spacial score (nSPS) is 12.8. The van der Waals surface area contributed by atoms with Gasteiger partial charge in [0.2, 0.25) is 0 Å². The van der Waals surface area contributed by atoms with E-state index in [-0.39, 0.29) is 0 Å². The summed E-state index contributed by atoms with van der Waals surface area (Å²) in [5.74, 6) is -0.621. The first-order chi connectivity index (χ1) is 11.3. The zero-order valence-electron chi connectivity index (χ0n) is 13.4.